The summed E-state index contributed by atoms with van der Waals surface area (Å²) in [5.41, 5.74) is 1.92. The second-order valence-corrected chi connectivity index (χ2v) is 5.02. The molecule has 1 fully saturated rings. The molecule has 1 aromatic carbocycles. The fourth-order valence-electron chi connectivity index (χ4n) is 1.89. The van der Waals surface area contributed by atoms with Crippen molar-refractivity contribution in [1.29, 1.82) is 0 Å². The van der Waals surface area contributed by atoms with E-state index in [0.717, 1.165) is 43.9 Å². The molecule has 0 aliphatic carbocycles. The van der Waals surface area contributed by atoms with E-state index < -0.39 is 0 Å². The fourth-order valence-corrected chi connectivity index (χ4v) is 2.56. The van der Waals surface area contributed by atoms with Crippen molar-refractivity contribution in [2.75, 3.05) is 31.2 Å². The first-order valence-corrected chi connectivity index (χ1v) is 6.61. The van der Waals surface area contributed by atoms with Gasteiger partial charge in [-0.3, -0.25) is 0 Å². The van der Waals surface area contributed by atoms with Crippen LogP contribution in [0, 0.1) is 9.39 Å². The lowest BCUT2D eigenvalue weighted by Crippen LogP contribution is -2.36. The lowest BCUT2D eigenvalue weighted by Gasteiger charge is -2.29. The summed E-state index contributed by atoms with van der Waals surface area (Å²) in [5, 5.41) is 0. The van der Waals surface area contributed by atoms with Crippen molar-refractivity contribution >= 4 is 36.1 Å². The fraction of sp³-hybridized carbons (Fsp3) is 0.455. The van der Waals surface area contributed by atoms with Gasteiger partial charge in [-0.05, 0) is 40.3 Å². The van der Waals surface area contributed by atoms with Crippen molar-refractivity contribution in [3.05, 3.63) is 27.1 Å². The van der Waals surface area contributed by atoms with Crippen LogP contribution in [0.5, 0.6) is 0 Å². The second-order valence-electron chi connectivity index (χ2n) is 3.85. The summed E-state index contributed by atoms with van der Waals surface area (Å²) in [7, 11) is 1.98. The predicted octanol–water partition coefficient (Wildman–Crippen LogP) is 1.40. The zero-order valence-electron chi connectivity index (χ0n) is 9.30. The maximum Gasteiger partial charge on any atom is 0.139 e. The normalized spacial score (nSPS) is 16.5. The van der Waals surface area contributed by atoms with Gasteiger partial charge in [-0.15, -0.1) is 0 Å². The van der Waals surface area contributed by atoms with Crippen LogP contribution in [-0.4, -0.2) is 34.1 Å². The third-order valence-electron chi connectivity index (χ3n) is 2.85. The van der Waals surface area contributed by atoms with Gasteiger partial charge < -0.3 is 9.64 Å². The number of nitrogens with zero attached hydrogens (tertiary/aromatic N) is 1. The van der Waals surface area contributed by atoms with Crippen molar-refractivity contribution < 1.29 is 9.13 Å². The Morgan fingerprint density at radius 1 is 1.38 bits per heavy atom. The highest BCUT2D eigenvalue weighted by Crippen LogP contribution is 2.24. The average Bonchev–Trinajstić information content (AvgIpc) is 2.33. The molecule has 1 aliphatic rings. The molecule has 1 aliphatic heterocycles. The molecular formula is C11H14BFINO. The lowest BCUT2D eigenvalue weighted by molar-refractivity contribution is 0.122. The van der Waals surface area contributed by atoms with Crippen LogP contribution in [0.4, 0.5) is 10.1 Å². The van der Waals surface area contributed by atoms with E-state index in [2.05, 4.69) is 27.5 Å². The summed E-state index contributed by atoms with van der Waals surface area (Å²) >= 11 is 2.06. The van der Waals surface area contributed by atoms with Crippen LogP contribution in [0.1, 0.15) is 5.56 Å². The van der Waals surface area contributed by atoms with Crippen molar-refractivity contribution in [2.24, 2.45) is 0 Å². The van der Waals surface area contributed by atoms with Gasteiger partial charge in [0.15, 0.2) is 0 Å². The molecule has 1 saturated heterocycles. The number of anilines is 1. The predicted molar refractivity (Wildman–Crippen MR) is 74.4 cm³/mol. The molecule has 0 saturated carbocycles. The molecule has 5 heteroatoms. The summed E-state index contributed by atoms with van der Waals surface area (Å²) in [5.74, 6) is -0.0693. The zero-order chi connectivity index (χ0) is 11.5. The first kappa shape index (κ1) is 12.2. The minimum atomic E-state index is -0.0693. The third-order valence-corrected chi connectivity index (χ3v) is 3.63. The number of halogens is 2. The van der Waals surface area contributed by atoms with Crippen LogP contribution in [0.25, 0.3) is 0 Å². The van der Waals surface area contributed by atoms with E-state index in [1.54, 1.807) is 0 Å². The molecule has 0 unspecified atom stereocenters. The summed E-state index contributed by atoms with van der Waals surface area (Å²) < 4.78 is 19.7. The van der Waals surface area contributed by atoms with Crippen molar-refractivity contribution in [2.45, 2.75) is 6.32 Å². The molecule has 0 atom stereocenters. The summed E-state index contributed by atoms with van der Waals surface area (Å²) in [6.45, 7) is 3.31. The van der Waals surface area contributed by atoms with Crippen LogP contribution in [0.3, 0.4) is 0 Å². The van der Waals surface area contributed by atoms with E-state index in [-0.39, 0.29) is 5.82 Å². The van der Waals surface area contributed by atoms with Gasteiger partial charge in [0.25, 0.3) is 0 Å². The van der Waals surface area contributed by atoms with Gasteiger partial charge in [0.05, 0.1) is 16.8 Å². The standard InChI is InChI=1S/C11H14BFINO/c12-7-8-5-9(6-10(14)11(8)13)15-1-3-16-4-2-15/h5-6H,1-4,7,12H2. The molecule has 0 amide bonds. The van der Waals surface area contributed by atoms with Gasteiger partial charge in [-0.2, -0.15) is 0 Å². The van der Waals surface area contributed by atoms with Gasteiger partial charge in [-0.1, -0.05) is 6.32 Å². The maximum absolute atomic E-state index is 13.7. The quantitative estimate of drug-likeness (QED) is 0.599. The highest BCUT2D eigenvalue weighted by Gasteiger charge is 2.14. The minimum absolute atomic E-state index is 0.0693. The summed E-state index contributed by atoms with van der Waals surface area (Å²) in [6, 6.07) is 3.88. The van der Waals surface area contributed by atoms with Gasteiger partial charge in [0, 0.05) is 18.8 Å². The van der Waals surface area contributed by atoms with E-state index in [1.165, 1.54) is 0 Å². The molecule has 86 valence electrons. The van der Waals surface area contributed by atoms with E-state index in [4.69, 9.17) is 4.74 Å². The summed E-state index contributed by atoms with van der Waals surface area (Å²) in [4.78, 5) is 2.25. The lowest BCUT2D eigenvalue weighted by atomic mass is 9.96. The Hall–Kier alpha value is -0.295. The maximum atomic E-state index is 13.7. The molecule has 0 N–H and O–H groups in total. The third kappa shape index (κ3) is 2.51. The smallest absolute Gasteiger partial charge is 0.139 e. The Labute approximate surface area is 110 Å². The monoisotopic (exact) mass is 333 g/mol. The van der Waals surface area contributed by atoms with Gasteiger partial charge >= 0.3 is 0 Å². The molecular weight excluding hydrogens is 319 g/mol. The van der Waals surface area contributed by atoms with Crippen LogP contribution in [0.2, 0.25) is 0 Å². The second kappa shape index (κ2) is 5.36. The van der Waals surface area contributed by atoms with Crippen molar-refractivity contribution in [3.8, 4) is 0 Å². The van der Waals surface area contributed by atoms with Gasteiger partial charge in [-0.25, -0.2) is 4.39 Å². The Morgan fingerprint density at radius 3 is 2.69 bits per heavy atom. The van der Waals surface area contributed by atoms with E-state index in [1.807, 2.05) is 20.0 Å². The SMILES string of the molecule is BCc1cc(N2CCOCC2)cc(I)c1F. The number of ether oxygens (including phenoxy) is 1. The highest BCUT2D eigenvalue weighted by molar-refractivity contribution is 14.1. The van der Waals surface area contributed by atoms with E-state index in [9.17, 15) is 4.39 Å². The zero-order valence-corrected chi connectivity index (χ0v) is 11.5. The molecule has 1 heterocycles. The molecule has 2 nitrogen and oxygen atoms in total. The largest absolute Gasteiger partial charge is 0.378 e. The van der Waals surface area contributed by atoms with Crippen LogP contribution < -0.4 is 4.90 Å². The number of hydrogen-bond donors (Lipinski definition) is 0. The highest BCUT2D eigenvalue weighted by atomic mass is 127. The molecule has 0 spiro atoms. The first-order valence-electron chi connectivity index (χ1n) is 5.53. The molecule has 0 radical (unpaired) electrons. The van der Waals surface area contributed by atoms with Gasteiger partial charge in [0.2, 0.25) is 0 Å². The summed E-state index contributed by atoms with van der Waals surface area (Å²) in [6.07, 6.45) is 0.736. The Bertz CT molecular complexity index is 382. The Morgan fingerprint density at radius 2 is 2.06 bits per heavy atom. The number of benzene rings is 1. The topological polar surface area (TPSA) is 12.5 Å². The molecule has 0 bridgehead atoms. The Kier molecular flexibility index (Phi) is 4.08. The molecule has 0 aromatic heterocycles. The van der Waals surface area contributed by atoms with Crippen molar-refractivity contribution in [1.82, 2.24) is 0 Å². The number of rotatable bonds is 2. The van der Waals surface area contributed by atoms with Crippen LogP contribution in [-0.2, 0) is 11.1 Å². The van der Waals surface area contributed by atoms with E-state index in [0.29, 0.717) is 3.57 Å². The van der Waals surface area contributed by atoms with Crippen molar-refractivity contribution in [3.63, 3.8) is 0 Å². The number of hydrogen-bond acceptors (Lipinski definition) is 2. The molecule has 2 rings (SSSR count). The average molecular weight is 333 g/mol. The number of morpholine rings is 1. The minimum Gasteiger partial charge on any atom is -0.378 e. The van der Waals surface area contributed by atoms with Crippen LogP contribution >= 0.6 is 22.6 Å². The Balaban J connectivity index is 2.29. The molecule has 1 aromatic rings. The van der Waals surface area contributed by atoms with Crippen LogP contribution in [0.15, 0.2) is 12.1 Å². The first-order chi connectivity index (χ1) is 7.72. The van der Waals surface area contributed by atoms with Gasteiger partial charge in [0.1, 0.15) is 13.7 Å². The molecule has 16 heavy (non-hydrogen) atoms. The van der Waals surface area contributed by atoms with E-state index >= 15 is 0 Å².